The molecule has 4 rings (SSSR count). The van der Waals surface area contributed by atoms with Crippen molar-refractivity contribution in [1.29, 1.82) is 0 Å². The number of non-ortho nitro benzene ring substituents is 1. The third-order valence-corrected chi connectivity index (χ3v) is 4.57. The van der Waals surface area contributed by atoms with Crippen molar-refractivity contribution in [2.75, 3.05) is 0 Å². The fourth-order valence-electron chi connectivity index (χ4n) is 3.31. The standard InChI is InChI=1S/C21H13F3N2O2/c22-21(23,24)18-6-2-1-5-16(18)17-13-20(25-12-4-3-7-19(17)25)14-8-10-15(11-9-14)26(27)28/h1-13H. The number of aromatic nitrogens is 1. The number of pyridine rings is 1. The van der Waals surface area contributed by atoms with Crippen LogP contribution in [0.15, 0.2) is 79.0 Å². The topological polar surface area (TPSA) is 47.5 Å². The number of nitro groups is 1. The first-order valence-corrected chi connectivity index (χ1v) is 8.38. The zero-order valence-corrected chi connectivity index (χ0v) is 14.4. The molecule has 28 heavy (non-hydrogen) atoms. The van der Waals surface area contributed by atoms with E-state index >= 15 is 0 Å². The number of alkyl halides is 3. The van der Waals surface area contributed by atoms with E-state index in [1.54, 1.807) is 53.1 Å². The fraction of sp³-hybridized carbons (Fsp3) is 0.0476. The van der Waals surface area contributed by atoms with E-state index in [2.05, 4.69) is 0 Å². The Kier molecular flexibility index (Phi) is 4.15. The van der Waals surface area contributed by atoms with Gasteiger partial charge in [-0.05, 0) is 47.5 Å². The molecule has 0 fully saturated rings. The summed E-state index contributed by atoms with van der Waals surface area (Å²) in [4.78, 5) is 10.4. The second-order valence-electron chi connectivity index (χ2n) is 6.25. The van der Waals surface area contributed by atoms with Crippen LogP contribution in [0.1, 0.15) is 5.56 Å². The lowest BCUT2D eigenvalue weighted by atomic mass is 9.99. The van der Waals surface area contributed by atoms with Crippen LogP contribution < -0.4 is 0 Å². The van der Waals surface area contributed by atoms with Gasteiger partial charge in [0.05, 0.1) is 21.7 Å². The number of rotatable bonds is 3. The van der Waals surface area contributed by atoms with E-state index in [9.17, 15) is 23.3 Å². The smallest absolute Gasteiger partial charge is 0.316 e. The molecule has 7 heteroatoms. The van der Waals surface area contributed by atoms with Crippen molar-refractivity contribution in [1.82, 2.24) is 4.40 Å². The van der Waals surface area contributed by atoms with Crippen molar-refractivity contribution < 1.29 is 18.1 Å². The molecule has 0 unspecified atom stereocenters. The molecule has 2 aromatic carbocycles. The predicted octanol–water partition coefficient (Wildman–Crippen LogP) is 6.20. The molecule has 0 aliphatic heterocycles. The number of fused-ring (bicyclic) bond motifs is 1. The second-order valence-corrected chi connectivity index (χ2v) is 6.25. The molecule has 0 radical (unpaired) electrons. The van der Waals surface area contributed by atoms with Gasteiger partial charge in [0.1, 0.15) is 0 Å². The van der Waals surface area contributed by atoms with Crippen LogP contribution >= 0.6 is 0 Å². The summed E-state index contributed by atoms with van der Waals surface area (Å²) in [6.45, 7) is 0. The lowest BCUT2D eigenvalue weighted by Crippen LogP contribution is -2.06. The molecule has 0 spiro atoms. The SMILES string of the molecule is O=[N+]([O-])c1ccc(-c2cc(-c3ccccc3C(F)(F)F)c3ccccn23)cc1. The highest BCUT2D eigenvalue weighted by atomic mass is 19.4. The number of hydrogen-bond acceptors (Lipinski definition) is 2. The molecule has 0 atom stereocenters. The molecule has 0 bridgehead atoms. The highest BCUT2D eigenvalue weighted by molar-refractivity contribution is 5.88. The molecule has 140 valence electrons. The molecular weight excluding hydrogens is 369 g/mol. The van der Waals surface area contributed by atoms with Gasteiger partial charge in [-0.15, -0.1) is 0 Å². The van der Waals surface area contributed by atoms with Gasteiger partial charge in [0.2, 0.25) is 0 Å². The van der Waals surface area contributed by atoms with E-state index in [-0.39, 0.29) is 11.3 Å². The first kappa shape index (κ1) is 17.8. The lowest BCUT2D eigenvalue weighted by molar-refractivity contribution is -0.384. The number of benzene rings is 2. The Morgan fingerprint density at radius 2 is 1.54 bits per heavy atom. The van der Waals surface area contributed by atoms with Crippen LogP contribution in [0.3, 0.4) is 0 Å². The molecule has 0 saturated carbocycles. The molecule has 0 amide bonds. The predicted molar refractivity (Wildman–Crippen MR) is 99.9 cm³/mol. The Bertz CT molecular complexity index is 1180. The van der Waals surface area contributed by atoms with Gasteiger partial charge in [0.25, 0.3) is 5.69 Å². The van der Waals surface area contributed by atoms with Crippen LogP contribution in [-0.4, -0.2) is 9.32 Å². The van der Waals surface area contributed by atoms with E-state index in [1.807, 2.05) is 0 Å². The Labute approximate surface area is 157 Å². The number of halogens is 3. The monoisotopic (exact) mass is 382 g/mol. The summed E-state index contributed by atoms with van der Waals surface area (Å²) in [5, 5.41) is 10.9. The summed E-state index contributed by atoms with van der Waals surface area (Å²) < 4.78 is 42.3. The van der Waals surface area contributed by atoms with Crippen molar-refractivity contribution >= 4 is 11.2 Å². The Morgan fingerprint density at radius 3 is 2.21 bits per heavy atom. The fourth-order valence-corrected chi connectivity index (χ4v) is 3.31. The number of hydrogen-bond donors (Lipinski definition) is 0. The van der Waals surface area contributed by atoms with Crippen molar-refractivity contribution in [2.45, 2.75) is 6.18 Å². The van der Waals surface area contributed by atoms with Gasteiger partial charge in [-0.3, -0.25) is 10.1 Å². The van der Waals surface area contributed by atoms with Crippen LogP contribution in [-0.2, 0) is 6.18 Å². The minimum atomic E-state index is -4.48. The van der Waals surface area contributed by atoms with Crippen molar-refractivity contribution in [3.63, 3.8) is 0 Å². The van der Waals surface area contributed by atoms with Crippen LogP contribution in [0.25, 0.3) is 27.9 Å². The van der Waals surface area contributed by atoms with E-state index in [1.165, 1.54) is 24.3 Å². The number of nitrogens with zero attached hydrogens (tertiary/aromatic N) is 2. The highest BCUT2D eigenvalue weighted by Crippen LogP contribution is 2.40. The molecule has 4 nitrogen and oxygen atoms in total. The molecule has 0 saturated heterocycles. The van der Waals surface area contributed by atoms with Gasteiger partial charge in [0.15, 0.2) is 0 Å². The third kappa shape index (κ3) is 3.00. The summed E-state index contributed by atoms with van der Waals surface area (Å²) in [6, 6.07) is 18.3. The zero-order chi connectivity index (χ0) is 19.9. The Morgan fingerprint density at radius 1 is 0.857 bits per heavy atom. The van der Waals surface area contributed by atoms with Gasteiger partial charge in [-0.2, -0.15) is 13.2 Å². The van der Waals surface area contributed by atoms with E-state index in [0.717, 1.165) is 6.07 Å². The molecular formula is C21H13F3N2O2. The van der Waals surface area contributed by atoms with Gasteiger partial charge >= 0.3 is 6.18 Å². The Balaban J connectivity index is 1.95. The summed E-state index contributed by atoms with van der Waals surface area (Å²) in [5.41, 5.74) is 1.72. The summed E-state index contributed by atoms with van der Waals surface area (Å²) in [7, 11) is 0. The minimum absolute atomic E-state index is 0.0488. The lowest BCUT2D eigenvalue weighted by Gasteiger charge is -2.12. The second kappa shape index (κ2) is 6.53. The summed E-state index contributed by atoms with van der Waals surface area (Å²) in [5.74, 6) is 0. The van der Waals surface area contributed by atoms with Gasteiger partial charge in [0, 0.05) is 23.9 Å². The molecule has 0 aliphatic carbocycles. The van der Waals surface area contributed by atoms with Gasteiger partial charge in [-0.1, -0.05) is 24.3 Å². The third-order valence-electron chi connectivity index (χ3n) is 4.57. The average Bonchev–Trinajstić information content (AvgIpc) is 3.07. The van der Waals surface area contributed by atoms with Crippen LogP contribution in [0.2, 0.25) is 0 Å². The van der Waals surface area contributed by atoms with E-state index < -0.39 is 16.7 Å². The maximum Gasteiger partial charge on any atom is 0.417 e. The van der Waals surface area contributed by atoms with Gasteiger partial charge < -0.3 is 4.40 Å². The minimum Gasteiger partial charge on any atom is -0.316 e. The molecule has 2 heterocycles. The average molecular weight is 382 g/mol. The molecule has 0 N–H and O–H groups in total. The first-order valence-electron chi connectivity index (χ1n) is 8.38. The number of nitro benzene ring substituents is 1. The van der Waals surface area contributed by atoms with Gasteiger partial charge in [-0.25, -0.2) is 0 Å². The first-order chi connectivity index (χ1) is 13.4. The molecule has 4 aromatic rings. The summed E-state index contributed by atoms with van der Waals surface area (Å²) >= 11 is 0. The van der Waals surface area contributed by atoms with Crippen molar-refractivity contribution in [3.8, 4) is 22.4 Å². The zero-order valence-electron chi connectivity index (χ0n) is 14.4. The van der Waals surface area contributed by atoms with Crippen LogP contribution in [0, 0.1) is 10.1 Å². The largest absolute Gasteiger partial charge is 0.417 e. The molecule has 0 aliphatic rings. The van der Waals surface area contributed by atoms with Crippen LogP contribution in [0.4, 0.5) is 18.9 Å². The maximum atomic E-state index is 13.5. The quantitative estimate of drug-likeness (QED) is 0.313. The van der Waals surface area contributed by atoms with Crippen LogP contribution in [0.5, 0.6) is 0 Å². The van der Waals surface area contributed by atoms with Crippen molar-refractivity contribution in [3.05, 3.63) is 94.7 Å². The Hall–Kier alpha value is -3.61. The van der Waals surface area contributed by atoms with E-state index in [0.29, 0.717) is 22.3 Å². The normalized spacial score (nSPS) is 11.7. The highest BCUT2D eigenvalue weighted by Gasteiger charge is 2.34. The summed E-state index contributed by atoms with van der Waals surface area (Å²) in [6.07, 6.45) is -2.72. The maximum absolute atomic E-state index is 13.5. The molecule has 2 aromatic heterocycles. The van der Waals surface area contributed by atoms with E-state index in [4.69, 9.17) is 0 Å². The van der Waals surface area contributed by atoms with Crippen molar-refractivity contribution in [2.24, 2.45) is 0 Å².